The van der Waals surface area contributed by atoms with Crippen molar-refractivity contribution in [1.29, 1.82) is 0 Å². The molecule has 1 aromatic heterocycles. The second-order valence-corrected chi connectivity index (χ2v) is 15.9. The third-order valence-electron chi connectivity index (χ3n) is 11.7. The summed E-state index contributed by atoms with van der Waals surface area (Å²) in [6, 6.07) is 67.6. The third-order valence-corrected chi connectivity index (χ3v) is 12.8. The summed E-state index contributed by atoms with van der Waals surface area (Å²) < 4.78 is 2.62. The number of hydrogen-bond donors (Lipinski definition) is 0. The van der Waals surface area contributed by atoms with Gasteiger partial charge in [0.25, 0.3) is 0 Å². The van der Waals surface area contributed by atoms with E-state index in [1.54, 1.807) is 0 Å². The summed E-state index contributed by atoms with van der Waals surface area (Å²) in [5.74, 6) is 0. The lowest BCUT2D eigenvalue weighted by molar-refractivity contribution is 1.39. The Balaban J connectivity index is 1.18. The van der Waals surface area contributed by atoms with Gasteiger partial charge >= 0.3 is 0 Å². The second kappa shape index (κ2) is 12.5. The van der Waals surface area contributed by atoms with Gasteiger partial charge < -0.3 is 0 Å². The molecule has 0 atom stereocenters. The number of benzene rings is 10. The molecule has 1 heterocycles. The summed E-state index contributed by atoms with van der Waals surface area (Å²) in [6.07, 6.45) is 0. The maximum Gasteiger partial charge on any atom is 0.0361 e. The molecule has 10 aromatic carbocycles. The molecule has 55 heavy (non-hydrogen) atoms. The minimum absolute atomic E-state index is 1.25. The van der Waals surface area contributed by atoms with Crippen molar-refractivity contribution >= 4 is 74.6 Å². The number of rotatable bonds is 4. The van der Waals surface area contributed by atoms with Crippen LogP contribution in [0.4, 0.5) is 0 Å². The van der Waals surface area contributed by atoms with Crippen LogP contribution in [0.5, 0.6) is 0 Å². The number of fused-ring (bicyclic) bond motifs is 7. The van der Waals surface area contributed by atoms with Crippen molar-refractivity contribution in [1.82, 2.24) is 0 Å². The first-order valence-electron chi connectivity index (χ1n) is 19.1. The van der Waals surface area contributed by atoms with Crippen LogP contribution in [0.25, 0.3) is 108 Å². The SMILES string of the molecule is Cc1cccc(C)c1-c1c2ccccc2c(-c2ccc3c(c2)sc2cccc(-c4c5ccccc5c(-c5ccccc5)c5ccccc45)c23)c2ccccc12. The summed E-state index contributed by atoms with van der Waals surface area (Å²) in [6.45, 7) is 4.49. The maximum atomic E-state index is 2.45. The van der Waals surface area contributed by atoms with E-state index < -0.39 is 0 Å². The van der Waals surface area contributed by atoms with Crippen LogP contribution >= 0.6 is 11.3 Å². The molecule has 0 spiro atoms. The van der Waals surface area contributed by atoms with Gasteiger partial charge in [-0.3, -0.25) is 0 Å². The predicted molar refractivity (Wildman–Crippen MR) is 241 cm³/mol. The third kappa shape index (κ3) is 4.83. The van der Waals surface area contributed by atoms with Crippen LogP contribution < -0.4 is 0 Å². The predicted octanol–water partition coefficient (Wildman–Crippen LogP) is 16.0. The van der Waals surface area contributed by atoms with Crippen molar-refractivity contribution in [3.05, 3.63) is 193 Å². The number of thiophene rings is 1. The van der Waals surface area contributed by atoms with E-state index in [2.05, 4.69) is 196 Å². The summed E-state index contributed by atoms with van der Waals surface area (Å²) >= 11 is 1.90. The van der Waals surface area contributed by atoms with Crippen LogP contribution in [0.1, 0.15) is 11.1 Å². The summed E-state index contributed by atoms with van der Waals surface area (Å²) in [5.41, 5.74) is 13.0. The largest absolute Gasteiger partial charge is 0.135 e. The molecule has 0 aliphatic carbocycles. The number of hydrogen-bond acceptors (Lipinski definition) is 1. The Labute approximate surface area is 324 Å². The quantitative estimate of drug-likeness (QED) is 0.159. The molecule has 0 saturated heterocycles. The Hall–Kier alpha value is -6.54. The fourth-order valence-corrected chi connectivity index (χ4v) is 10.6. The van der Waals surface area contributed by atoms with Gasteiger partial charge in [-0.2, -0.15) is 0 Å². The highest BCUT2D eigenvalue weighted by Gasteiger charge is 2.22. The van der Waals surface area contributed by atoms with Gasteiger partial charge in [0.1, 0.15) is 0 Å². The molecule has 0 nitrogen and oxygen atoms in total. The zero-order valence-electron chi connectivity index (χ0n) is 30.7. The van der Waals surface area contributed by atoms with E-state index in [1.165, 1.54) is 119 Å². The van der Waals surface area contributed by atoms with Gasteiger partial charge in [0.2, 0.25) is 0 Å². The van der Waals surface area contributed by atoms with E-state index in [-0.39, 0.29) is 0 Å². The lowest BCUT2D eigenvalue weighted by atomic mass is 9.83. The summed E-state index contributed by atoms with van der Waals surface area (Å²) in [7, 11) is 0. The molecule has 0 fully saturated rings. The molecule has 0 unspecified atom stereocenters. The van der Waals surface area contributed by atoms with Gasteiger partial charge in [-0.15, -0.1) is 11.3 Å². The monoisotopic (exact) mass is 716 g/mol. The van der Waals surface area contributed by atoms with E-state index in [0.29, 0.717) is 0 Å². The van der Waals surface area contributed by atoms with Gasteiger partial charge in [-0.25, -0.2) is 0 Å². The van der Waals surface area contributed by atoms with Gasteiger partial charge in [0, 0.05) is 20.2 Å². The van der Waals surface area contributed by atoms with Gasteiger partial charge in [-0.05, 0) is 125 Å². The molecule has 0 aliphatic heterocycles. The van der Waals surface area contributed by atoms with Crippen LogP contribution in [0.3, 0.4) is 0 Å². The number of aryl methyl sites for hydroxylation is 2. The van der Waals surface area contributed by atoms with Gasteiger partial charge in [0.15, 0.2) is 0 Å². The Kier molecular flexibility index (Phi) is 7.27. The fourth-order valence-electron chi connectivity index (χ4n) is 9.44. The van der Waals surface area contributed by atoms with Crippen molar-refractivity contribution in [3.8, 4) is 44.5 Å². The van der Waals surface area contributed by atoms with Crippen LogP contribution in [0.15, 0.2) is 182 Å². The molecular formula is C54H36S. The normalized spacial score (nSPS) is 11.8. The lowest BCUT2D eigenvalue weighted by Gasteiger charge is -2.20. The van der Waals surface area contributed by atoms with E-state index in [4.69, 9.17) is 0 Å². The Morgan fingerprint density at radius 3 is 1.29 bits per heavy atom. The molecule has 11 aromatic rings. The standard InChI is InChI=1S/C54H36S/c1-33-16-14-17-34(2)49(33)54-43-26-12-8-22-39(43)51(40-23-9-13-27-44(40)54)36-30-31-45-48(32-36)55-47-29-15-28-46(53(45)47)52-41-24-10-6-20-37(41)50(35-18-4-3-5-19-35)38-21-7-11-25-42(38)52/h3-32H,1-2H3. The first-order chi connectivity index (χ1) is 27.2. The molecule has 0 amide bonds. The topological polar surface area (TPSA) is 0 Å². The van der Waals surface area contributed by atoms with Crippen molar-refractivity contribution in [3.63, 3.8) is 0 Å². The molecule has 0 N–H and O–H groups in total. The molecule has 0 saturated carbocycles. The molecule has 11 rings (SSSR count). The molecule has 1 heteroatoms. The lowest BCUT2D eigenvalue weighted by Crippen LogP contribution is -1.94. The van der Waals surface area contributed by atoms with Crippen molar-refractivity contribution in [2.24, 2.45) is 0 Å². The van der Waals surface area contributed by atoms with Gasteiger partial charge in [0.05, 0.1) is 0 Å². The minimum Gasteiger partial charge on any atom is -0.135 e. The van der Waals surface area contributed by atoms with E-state index >= 15 is 0 Å². The van der Waals surface area contributed by atoms with E-state index in [9.17, 15) is 0 Å². The second-order valence-electron chi connectivity index (χ2n) is 14.8. The van der Waals surface area contributed by atoms with Crippen molar-refractivity contribution in [2.75, 3.05) is 0 Å². The average Bonchev–Trinajstić information content (AvgIpc) is 3.61. The van der Waals surface area contributed by atoms with E-state index in [0.717, 1.165) is 0 Å². The average molecular weight is 717 g/mol. The fraction of sp³-hybridized carbons (Fsp3) is 0.0370. The van der Waals surface area contributed by atoms with Crippen molar-refractivity contribution < 1.29 is 0 Å². The van der Waals surface area contributed by atoms with Crippen LogP contribution in [0, 0.1) is 13.8 Å². The Bertz CT molecular complexity index is 3190. The zero-order valence-corrected chi connectivity index (χ0v) is 31.5. The Morgan fingerprint density at radius 1 is 0.291 bits per heavy atom. The van der Waals surface area contributed by atoms with Crippen LogP contribution in [-0.4, -0.2) is 0 Å². The van der Waals surface area contributed by atoms with Crippen molar-refractivity contribution in [2.45, 2.75) is 13.8 Å². The van der Waals surface area contributed by atoms with Crippen LogP contribution in [0.2, 0.25) is 0 Å². The van der Waals surface area contributed by atoms with Crippen LogP contribution in [-0.2, 0) is 0 Å². The first kappa shape index (κ1) is 31.9. The molecule has 0 bridgehead atoms. The Morgan fingerprint density at radius 2 is 0.745 bits per heavy atom. The molecule has 0 radical (unpaired) electrons. The minimum atomic E-state index is 1.25. The summed E-state index contributed by atoms with van der Waals surface area (Å²) in [4.78, 5) is 0. The zero-order chi connectivity index (χ0) is 36.6. The molecular weight excluding hydrogens is 681 g/mol. The molecule has 258 valence electrons. The highest BCUT2D eigenvalue weighted by atomic mass is 32.1. The van der Waals surface area contributed by atoms with Gasteiger partial charge in [-0.1, -0.05) is 170 Å². The highest BCUT2D eigenvalue weighted by Crippen LogP contribution is 2.50. The summed E-state index contributed by atoms with van der Waals surface area (Å²) in [5, 5.41) is 12.9. The van der Waals surface area contributed by atoms with E-state index in [1.807, 2.05) is 11.3 Å². The maximum absolute atomic E-state index is 2.45. The first-order valence-corrected chi connectivity index (χ1v) is 19.9. The highest BCUT2D eigenvalue weighted by molar-refractivity contribution is 7.26. The molecule has 0 aliphatic rings. The smallest absolute Gasteiger partial charge is 0.0361 e.